The molecule has 5 nitrogen and oxygen atoms in total. The van der Waals surface area contributed by atoms with Gasteiger partial charge in [0.25, 0.3) is 11.7 Å². The Morgan fingerprint density at radius 3 is 2.89 bits per heavy atom. The minimum absolute atomic E-state index is 0.444. The quantitative estimate of drug-likeness (QED) is 0.784. The number of Topliss-reactive ketones (excluding diaryl/α,β-unsaturated/α-hetero) is 1. The lowest BCUT2D eigenvalue weighted by molar-refractivity contribution is -0.114. The number of anilines is 1. The number of nitrogens with zero attached hydrogens (tertiary/aromatic N) is 3. The van der Waals surface area contributed by atoms with Gasteiger partial charge in [-0.05, 0) is 29.7 Å². The van der Waals surface area contributed by atoms with Gasteiger partial charge in [-0.1, -0.05) is 11.8 Å². The molecule has 0 N–H and O–H groups in total. The second-order valence-electron chi connectivity index (χ2n) is 3.68. The summed E-state index contributed by atoms with van der Waals surface area (Å²) in [5, 5.41) is 0. The summed E-state index contributed by atoms with van der Waals surface area (Å²) in [6.07, 6.45) is 1.50. The summed E-state index contributed by atoms with van der Waals surface area (Å²) in [7, 11) is 1.60. The van der Waals surface area contributed by atoms with E-state index in [0.717, 1.165) is 9.24 Å². The topological polar surface area (TPSA) is 63.2 Å². The number of aromatic nitrogens is 2. The van der Waals surface area contributed by atoms with Crippen LogP contribution >= 0.6 is 23.3 Å². The fraction of sp³-hybridized carbons (Fsp3) is 0.0909. The number of carbonyl (C=O) groups is 2. The molecule has 0 atom stereocenters. The van der Waals surface area contributed by atoms with Crippen LogP contribution in [0.5, 0.6) is 0 Å². The number of rotatable bonds is 2. The maximum Gasteiger partial charge on any atom is 0.299 e. The monoisotopic (exact) mass is 277 g/mol. The third-order valence-electron chi connectivity index (χ3n) is 2.62. The van der Waals surface area contributed by atoms with Crippen molar-refractivity contribution < 1.29 is 9.59 Å². The fourth-order valence-corrected chi connectivity index (χ4v) is 3.18. The van der Waals surface area contributed by atoms with Crippen LogP contribution in [0, 0.1) is 0 Å². The van der Waals surface area contributed by atoms with Crippen LogP contribution < -0.4 is 4.90 Å². The molecule has 0 bridgehead atoms. The van der Waals surface area contributed by atoms with Gasteiger partial charge in [-0.2, -0.15) is 4.37 Å². The van der Waals surface area contributed by atoms with Crippen molar-refractivity contribution >= 4 is 40.7 Å². The molecule has 0 radical (unpaired) electrons. The van der Waals surface area contributed by atoms with Crippen molar-refractivity contribution in [3.05, 3.63) is 30.1 Å². The van der Waals surface area contributed by atoms with E-state index in [0.29, 0.717) is 11.3 Å². The molecule has 1 aliphatic rings. The first-order chi connectivity index (χ1) is 8.66. The first-order valence-corrected chi connectivity index (χ1v) is 6.67. The van der Waals surface area contributed by atoms with E-state index in [9.17, 15) is 9.59 Å². The first kappa shape index (κ1) is 11.4. The van der Waals surface area contributed by atoms with E-state index in [2.05, 4.69) is 9.36 Å². The van der Waals surface area contributed by atoms with Crippen molar-refractivity contribution in [2.75, 3.05) is 11.9 Å². The van der Waals surface area contributed by atoms with Gasteiger partial charge in [0.05, 0.1) is 11.3 Å². The molecule has 3 rings (SSSR count). The number of benzene rings is 1. The van der Waals surface area contributed by atoms with Crippen LogP contribution in [0.2, 0.25) is 0 Å². The molecule has 2 heterocycles. The summed E-state index contributed by atoms with van der Waals surface area (Å²) < 4.78 is 4.75. The molecule has 1 aromatic heterocycles. The van der Waals surface area contributed by atoms with Crippen LogP contribution in [0.25, 0.3) is 0 Å². The van der Waals surface area contributed by atoms with Crippen LogP contribution in [0.3, 0.4) is 0 Å². The summed E-state index contributed by atoms with van der Waals surface area (Å²) in [6.45, 7) is 0. The Morgan fingerprint density at radius 2 is 2.17 bits per heavy atom. The van der Waals surface area contributed by atoms with Gasteiger partial charge in [0, 0.05) is 11.9 Å². The van der Waals surface area contributed by atoms with Gasteiger partial charge in [-0.15, -0.1) is 0 Å². The molecule has 0 spiro atoms. The van der Waals surface area contributed by atoms with E-state index in [4.69, 9.17) is 0 Å². The van der Waals surface area contributed by atoms with Crippen LogP contribution in [-0.2, 0) is 4.79 Å². The predicted octanol–water partition coefficient (Wildman–Crippen LogP) is 1.85. The Bertz CT molecular complexity index is 640. The number of carbonyl (C=O) groups excluding carboxylic acids is 2. The Hall–Kier alpha value is -1.73. The standard InChI is InChI=1S/C11H7N3O2S2/c1-14-8-4-6(17-11-12-5-13-18-11)2-3-7(8)9(15)10(14)16/h2-5H,1H3. The molecule has 1 aliphatic heterocycles. The summed E-state index contributed by atoms with van der Waals surface area (Å²) in [6, 6.07) is 5.32. The molecule has 18 heavy (non-hydrogen) atoms. The lowest BCUT2D eigenvalue weighted by atomic mass is 10.1. The van der Waals surface area contributed by atoms with Gasteiger partial charge in [0.2, 0.25) is 0 Å². The predicted molar refractivity (Wildman–Crippen MR) is 68.2 cm³/mol. The van der Waals surface area contributed by atoms with Gasteiger partial charge < -0.3 is 4.90 Å². The lowest BCUT2D eigenvalue weighted by Gasteiger charge is -2.09. The molecule has 90 valence electrons. The van der Waals surface area contributed by atoms with Crippen molar-refractivity contribution in [3.63, 3.8) is 0 Å². The number of hydrogen-bond donors (Lipinski definition) is 0. The maximum absolute atomic E-state index is 11.6. The van der Waals surface area contributed by atoms with E-state index in [-0.39, 0.29) is 0 Å². The minimum atomic E-state index is -0.483. The summed E-state index contributed by atoms with van der Waals surface area (Å²) in [5.41, 5.74) is 1.11. The number of ketones is 1. The summed E-state index contributed by atoms with van der Waals surface area (Å²) in [4.78, 5) is 29.5. The molecule has 0 unspecified atom stereocenters. The van der Waals surface area contributed by atoms with Crippen molar-refractivity contribution in [1.82, 2.24) is 9.36 Å². The number of fused-ring (bicyclic) bond motifs is 1. The van der Waals surface area contributed by atoms with E-state index in [1.165, 1.54) is 34.5 Å². The number of likely N-dealkylation sites (N-methyl/N-ethyl adjacent to an activating group) is 1. The molecular weight excluding hydrogens is 270 g/mol. The second kappa shape index (κ2) is 4.18. The molecular formula is C11H7N3O2S2. The third-order valence-corrected chi connectivity index (χ3v) is 4.32. The summed E-state index contributed by atoms with van der Waals surface area (Å²) >= 11 is 2.77. The smallest absolute Gasteiger partial charge is 0.299 e. The zero-order chi connectivity index (χ0) is 12.7. The SMILES string of the molecule is CN1C(=O)C(=O)c2ccc(Sc3ncns3)cc21. The Morgan fingerprint density at radius 1 is 1.33 bits per heavy atom. The van der Waals surface area contributed by atoms with E-state index < -0.39 is 11.7 Å². The Balaban J connectivity index is 1.97. The zero-order valence-electron chi connectivity index (χ0n) is 9.28. The zero-order valence-corrected chi connectivity index (χ0v) is 10.9. The van der Waals surface area contributed by atoms with Crippen LogP contribution in [-0.4, -0.2) is 28.1 Å². The number of amides is 1. The van der Waals surface area contributed by atoms with Crippen LogP contribution in [0.1, 0.15) is 10.4 Å². The Labute approximate surface area is 111 Å². The molecule has 0 saturated heterocycles. The highest BCUT2D eigenvalue weighted by Gasteiger charge is 2.33. The number of hydrogen-bond acceptors (Lipinski definition) is 6. The first-order valence-electron chi connectivity index (χ1n) is 5.08. The molecule has 0 saturated carbocycles. The van der Waals surface area contributed by atoms with Gasteiger partial charge in [-0.3, -0.25) is 9.59 Å². The van der Waals surface area contributed by atoms with Crippen LogP contribution in [0.4, 0.5) is 5.69 Å². The lowest BCUT2D eigenvalue weighted by Crippen LogP contribution is -2.24. The van der Waals surface area contributed by atoms with E-state index in [1.54, 1.807) is 13.1 Å². The highest BCUT2D eigenvalue weighted by Crippen LogP contribution is 2.35. The van der Waals surface area contributed by atoms with Crippen molar-refractivity contribution in [1.29, 1.82) is 0 Å². The van der Waals surface area contributed by atoms with Crippen molar-refractivity contribution in [2.45, 2.75) is 9.24 Å². The molecule has 1 amide bonds. The fourth-order valence-electron chi connectivity index (χ4n) is 1.73. The van der Waals surface area contributed by atoms with Crippen molar-refractivity contribution in [2.24, 2.45) is 0 Å². The molecule has 7 heteroatoms. The van der Waals surface area contributed by atoms with Gasteiger partial charge >= 0.3 is 0 Å². The third kappa shape index (κ3) is 1.72. The van der Waals surface area contributed by atoms with Crippen LogP contribution in [0.15, 0.2) is 33.8 Å². The van der Waals surface area contributed by atoms with Gasteiger partial charge in [-0.25, -0.2) is 4.98 Å². The van der Waals surface area contributed by atoms with Crippen molar-refractivity contribution in [3.8, 4) is 0 Å². The maximum atomic E-state index is 11.6. The highest BCUT2D eigenvalue weighted by atomic mass is 32.2. The van der Waals surface area contributed by atoms with Gasteiger partial charge in [0.1, 0.15) is 6.33 Å². The highest BCUT2D eigenvalue weighted by molar-refractivity contribution is 8.01. The average molecular weight is 277 g/mol. The Kier molecular flexibility index (Phi) is 2.64. The van der Waals surface area contributed by atoms with E-state index in [1.807, 2.05) is 12.1 Å². The minimum Gasteiger partial charge on any atom is -0.308 e. The largest absolute Gasteiger partial charge is 0.308 e. The normalized spacial score (nSPS) is 14.2. The average Bonchev–Trinajstić information content (AvgIpc) is 2.95. The molecule has 1 aromatic carbocycles. The van der Waals surface area contributed by atoms with E-state index >= 15 is 0 Å². The second-order valence-corrected chi connectivity index (χ2v) is 5.78. The molecule has 0 aliphatic carbocycles. The van der Waals surface area contributed by atoms with Gasteiger partial charge in [0.15, 0.2) is 4.34 Å². The molecule has 0 fully saturated rings. The molecule has 2 aromatic rings. The summed E-state index contributed by atoms with van der Waals surface area (Å²) in [5.74, 6) is -0.928.